The van der Waals surface area contributed by atoms with Crippen molar-refractivity contribution >= 4 is 6.29 Å². The molecule has 4 bridgehead atoms. The zero-order chi connectivity index (χ0) is 12.4. The van der Waals surface area contributed by atoms with Gasteiger partial charge in [-0.05, 0) is 30.8 Å². The topological polar surface area (TPSA) is 26.3 Å². The number of carbonyl (C=O) groups excluding carboxylic acids is 1. The average molecular weight is 234 g/mol. The van der Waals surface area contributed by atoms with Crippen molar-refractivity contribution in [1.82, 2.24) is 0 Å². The van der Waals surface area contributed by atoms with Gasteiger partial charge in [0.1, 0.15) is 6.29 Å². The van der Waals surface area contributed by atoms with Gasteiger partial charge in [0.15, 0.2) is 0 Å². The molecule has 0 N–H and O–H groups in total. The molecule has 6 atom stereocenters. The van der Waals surface area contributed by atoms with Crippen LogP contribution in [0.3, 0.4) is 0 Å². The van der Waals surface area contributed by atoms with E-state index in [0.29, 0.717) is 18.1 Å². The molecule has 1 heterocycles. The Morgan fingerprint density at radius 2 is 1.94 bits per heavy atom. The maximum absolute atomic E-state index is 10.8. The first-order valence-electron chi connectivity index (χ1n) is 6.76. The maximum atomic E-state index is 10.8. The summed E-state index contributed by atoms with van der Waals surface area (Å²) in [6.07, 6.45) is 5.56. The summed E-state index contributed by atoms with van der Waals surface area (Å²) in [5.41, 5.74) is 1.79. The summed E-state index contributed by atoms with van der Waals surface area (Å²) in [6, 6.07) is 0. The monoisotopic (exact) mass is 234 g/mol. The van der Waals surface area contributed by atoms with Crippen LogP contribution in [0.25, 0.3) is 0 Å². The second-order valence-electron chi connectivity index (χ2n) is 6.62. The molecule has 2 saturated carbocycles. The normalized spacial score (nSPS) is 58.7. The fourth-order valence-electron chi connectivity index (χ4n) is 4.97. The summed E-state index contributed by atoms with van der Waals surface area (Å²) < 4.78 is 6.25. The lowest BCUT2D eigenvalue weighted by molar-refractivity contribution is -0.104. The molecule has 0 amide bonds. The third-order valence-corrected chi connectivity index (χ3v) is 6.58. The van der Waals surface area contributed by atoms with Crippen molar-refractivity contribution in [1.29, 1.82) is 0 Å². The van der Waals surface area contributed by atoms with Crippen molar-refractivity contribution in [2.75, 3.05) is 0 Å². The fraction of sp³-hybridized carbons (Fsp3) is 0.800. The molecular formula is C15H22O2. The van der Waals surface area contributed by atoms with Gasteiger partial charge < -0.3 is 4.74 Å². The summed E-state index contributed by atoms with van der Waals surface area (Å²) in [4.78, 5) is 10.8. The highest BCUT2D eigenvalue weighted by Gasteiger charge is 2.72. The van der Waals surface area contributed by atoms with Crippen LogP contribution in [0, 0.1) is 22.7 Å². The van der Waals surface area contributed by atoms with E-state index in [4.69, 9.17) is 4.74 Å². The number of hydrogen-bond donors (Lipinski definition) is 0. The Morgan fingerprint density at radius 1 is 1.24 bits per heavy atom. The van der Waals surface area contributed by atoms with Gasteiger partial charge >= 0.3 is 0 Å². The minimum absolute atomic E-state index is 0.212. The van der Waals surface area contributed by atoms with E-state index in [-0.39, 0.29) is 10.8 Å². The van der Waals surface area contributed by atoms with E-state index >= 15 is 0 Å². The Kier molecular flexibility index (Phi) is 2.17. The number of aldehydes is 1. The minimum Gasteiger partial charge on any atom is -0.373 e. The molecular weight excluding hydrogens is 212 g/mol. The molecule has 0 radical (unpaired) electrons. The lowest BCUT2D eigenvalue weighted by atomic mass is 9.52. The van der Waals surface area contributed by atoms with E-state index in [1.54, 1.807) is 6.08 Å². The van der Waals surface area contributed by atoms with Crippen LogP contribution in [0.15, 0.2) is 11.6 Å². The van der Waals surface area contributed by atoms with Crippen molar-refractivity contribution in [3.05, 3.63) is 11.6 Å². The van der Waals surface area contributed by atoms with Crippen LogP contribution in [0.4, 0.5) is 0 Å². The predicted octanol–water partition coefficient (Wildman–Crippen LogP) is 2.97. The van der Waals surface area contributed by atoms with E-state index in [9.17, 15) is 4.79 Å². The van der Waals surface area contributed by atoms with E-state index in [1.807, 2.05) is 0 Å². The number of ether oxygens (including phenoxy) is 1. The average Bonchev–Trinajstić information content (AvgIpc) is 2.56. The smallest absolute Gasteiger partial charge is 0.142 e. The van der Waals surface area contributed by atoms with E-state index in [2.05, 4.69) is 27.7 Å². The van der Waals surface area contributed by atoms with Gasteiger partial charge in [0.05, 0.1) is 12.2 Å². The molecule has 0 aromatic rings. The van der Waals surface area contributed by atoms with E-state index < -0.39 is 0 Å². The van der Waals surface area contributed by atoms with Crippen LogP contribution >= 0.6 is 0 Å². The highest BCUT2D eigenvalue weighted by atomic mass is 16.5. The Hall–Kier alpha value is -0.630. The first-order valence-corrected chi connectivity index (χ1v) is 6.76. The van der Waals surface area contributed by atoms with Gasteiger partial charge in [-0.1, -0.05) is 33.3 Å². The van der Waals surface area contributed by atoms with Crippen molar-refractivity contribution in [2.45, 2.75) is 52.7 Å². The molecule has 2 heteroatoms. The van der Waals surface area contributed by atoms with Crippen LogP contribution < -0.4 is 0 Å². The van der Waals surface area contributed by atoms with Crippen LogP contribution in [0.5, 0.6) is 0 Å². The van der Waals surface area contributed by atoms with Gasteiger partial charge in [-0.25, -0.2) is 0 Å². The molecule has 94 valence electrons. The molecule has 3 rings (SSSR count). The number of allylic oxidation sites excluding steroid dienone is 1. The van der Waals surface area contributed by atoms with Crippen molar-refractivity contribution in [3.8, 4) is 0 Å². The van der Waals surface area contributed by atoms with Gasteiger partial charge in [0, 0.05) is 10.8 Å². The third kappa shape index (κ3) is 1.04. The molecule has 1 aliphatic heterocycles. The Balaban J connectivity index is 2.11. The molecule has 3 aliphatic rings. The maximum Gasteiger partial charge on any atom is 0.142 e. The quantitative estimate of drug-likeness (QED) is 0.515. The zero-order valence-corrected chi connectivity index (χ0v) is 11.2. The second kappa shape index (κ2) is 3.23. The van der Waals surface area contributed by atoms with Crippen LogP contribution in [0.2, 0.25) is 0 Å². The van der Waals surface area contributed by atoms with Crippen molar-refractivity contribution in [3.63, 3.8) is 0 Å². The predicted molar refractivity (Wildman–Crippen MR) is 66.6 cm³/mol. The zero-order valence-electron chi connectivity index (χ0n) is 11.2. The Labute approximate surface area is 103 Å². The van der Waals surface area contributed by atoms with Crippen molar-refractivity contribution < 1.29 is 9.53 Å². The highest BCUT2D eigenvalue weighted by molar-refractivity contribution is 5.66. The van der Waals surface area contributed by atoms with Crippen LogP contribution in [-0.4, -0.2) is 18.5 Å². The number of carbonyl (C=O) groups is 1. The largest absolute Gasteiger partial charge is 0.373 e. The third-order valence-electron chi connectivity index (χ3n) is 6.58. The molecule has 17 heavy (non-hydrogen) atoms. The second-order valence-corrected chi connectivity index (χ2v) is 6.62. The first-order chi connectivity index (χ1) is 7.96. The van der Waals surface area contributed by atoms with E-state index in [0.717, 1.165) is 18.6 Å². The molecule has 0 aromatic carbocycles. The van der Waals surface area contributed by atoms with Gasteiger partial charge in [0.2, 0.25) is 0 Å². The summed E-state index contributed by atoms with van der Waals surface area (Å²) >= 11 is 0. The van der Waals surface area contributed by atoms with Crippen molar-refractivity contribution in [2.24, 2.45) is 22.7 Å². The number of hydrogen-bond acceptors (Lipinski definition) is 2. The SMILES string of the molecule is CC1CC2OC3CC(=CC=O)C(C)C2(C)C13C. The number of rotatable bonds is 1. The highest BCUT2D eigenvalue weighted by Crippen LogP contribution is 2.72. The molecule has 1 saturated heterocycles. The minimum atomic E-state index is 0.212. The summed E-state index contributed by atoms with van der Waals surface area (Å²) in [7, 11) is 0. The molecule has 2 aliphatic carbocycles. The lowest BCUT2D eigenvalue weighted by Crippen LogP contribution is -2.50. The molecule has 0 aromatic heterocycles. The van der Waals surface area contributed by atoms with Gasteiger partial charge in [0.25, 0.3) is 0 Å². The first kappa shape index (κ1) is 11.5. The fourth-order valence-corrected chi connectivity index (χ4v) is 4.97. The lowest BCUT2D eigenvalue weighted by Gasteiger charge is -2.50. The van der Waals surface area contributed by atoms with Gasteiger partial charge in [-0.2, -0.15) is 0 Å². The molecule has 3 fully saturated rings. The van der Waals surface area contributed by atoms with Gasteiger partial charge in [-0.3, -0.25) is 4.79 Å². The summed E-state index contributed by atoms with van der Waals surface area (Å²) in [5.74, 6) is 1.20. The standard InChI is InChI=1S/C15H22O2/c1-9-7-12-15(4)10(2)11(5-6-16)8-13(17-12)14(9,15)3/h5-6,9-10,12-13H,7-8H2,1-4H3. The summed E-state index contributed by atoms with van der Waals surface area (Å²) in [6.45, 7) is 9.44. The summed E-state index contributed by atoms with van der Waals surface area (Å²) in [5, 5.41) is 0. The van der Waals surface area contributed by atoms with Crippen LogP contribution in [-0.2, 0) is 9.53 Å². The molecule has 6 unspecified atom stereocenters. The van der Waals surface area contributed by atoms with Gasteiger partial charge in [-0.15, -0.1) is 0 Å². The van der Waals surface area contributed by atoms with Crippen LogP contribution in [0.1, 0.15) is 40.5 Å². The van der Waals surface area contributed by atoms with E-state index in [1.165, 1.54) is 12.0 Å². The molecule has 0 spiro atoms. The Bertz CT molecular complexity index is 400. The molecule has 2 nitrogen and oxygen atoms in total. The Morgan fingerprint density at radius 3 is 2.59 bits per heavy atom.